The van der Waals surface area contributed by atoms with E-state index in [-0.39, 0.29) is 37.2 Å². The summed E-state index contributed by atoms with van der Waals surface area (Å²) >= 11 is 0. The van der Waals surface area contributed by atoms with E-state index in [2.05, 4.69) is 5.32 Å². The quantitative estimate of drug-likeness (QED) is 0.841. The number of urea groups is 1. The topological polar surface area (TPSA) is 61.8 Å². The van der Waals surface area contributed by atoms with Crippen molar-refractivity contribution in [2.45, 2.75) is 32.0 Å². The highest BCUT2D eigenvalue weighted by atomic mass is 19.4. The molecule has 0 spiro atoms. The number of hydrogen-bond acceptors (Lipinski definition) is 3. The number of carbonyl (C=O) groups is 1. The third-order valence-electron chi connectivity index (χ3n) is 3.44. The van der Waals surface area contributed by atoms with Crippen molar-refractivity contribution in [3.05, 3.63) is 23.8 Å². The summed E-state index contributed by atoms with van der Waals surface area (Å²) in [5.41, 5.74) is -0.897. The Morgan fingerprint density at radius 2 is 2.13 bits per heavy atom. The van der Waals surface area contributed by atoms with Gasteiger partial charge in [-0.1, -0.05) is 0 Å². The van der Waals surface area contributed by atoms with Gasteiger partial charge in [0.25, 0.3) is 0 Å². The van der Waals surface area contributed by atoms with Gasteiger partial charge >= 0.3 is 12.2 Å². The standard InChI is InChI=1S/C15H19F3N2O3/c1-2-23-13-6-3-10(15(16,17)18)9-12(13)19-14(22)20(7-8-21)11-4-5-11/h3,6,9,11,21H,2,4-5,7-8H2,1H3,(H,19,22). The first-order valence-corrected chi connectivity index (χ1v) is 7.39. The molecule has 0 aliphatic heterocycles. The van der Waals surface area contributed by atoms with E-state index in [1.54, 1.807) is 6.92 Å². The summed E-state index contributed by atoms with van der Waals surface area (Å²) in [6, 6.07) is 2.44. The van der Waals surface area contributed by atoms with E-state index in [9.17, 15) is 18.0 Å². The largest absolute Gasteiger partial charge is 0.492 e. The number of aliphatic hydroxyl groups excluding tert-OH is 1. The molecule has 1 aliphatic carbocycles. The van der Waals surface area contributed by atoms with Crippen LogP contribution in [-0.2, 0) is 6.18 Å². The average molecular weight is 332 g/mol. The van der Waals surface area contributed by atoms with Gasteiger partial charge in [-0.15, -0.1) is 0 Å². The molecule has 0 bridgehead atoms. The number of ether oxygens (including phenoxy) is 1. The Kier molecular flexibility index (Phi) is 5.35. The molecule has 1 aromatic rings. The summed E-state index contributed by atoms with van der Waals surface area (Å²) in [5, 5.41) is 11.5. The van der Waals surface area contributed by atoms with E-state index < -0.39 is 17.8 Å². The lowest BCUT2D eigenvalue weighted by Gasteiger charge is -2.23. The molecule has 8 heteroatoms. The normalized spacial score (nSPS) is 14.5. The van der Waals surface area contributed by atoms with Crippen LogP contribution in [0.5, 0.6) is 5.75 Å². The first-order chi connectivity index (χ1) is 10.9. The number of carbonyl (C=O) groups excluding carboxylic acids is 1. The molecule has 1 fully saturated rings. The maximum Gasteiger partial charge on any atom is 0.416 e. The maximum absolute atomic E-state index is 12.8. The predicted octanol–water partition coefficient (Wildman–Crippen LogP) is 3.09. The number of aliphatic hydroxyl groups is 1. The van der Waals surface area contributed by atoms with Gasteiger partial charge in [0, 0.05) is 12.6 Å². The Morgan fingerprint density at radius 3 is 2.65 bits per heavy atom. The molecule has 2 N–H and O–H groups in total. The number of alkyl halides is 3. The minimum absolute atomic E-state index is 0.0310. The van der Waals surface area contributed by atoms with Gasteiger partial charge in [0.05, 0.1) is 24.5 Å². The van der Waals surface area contributed by atoms with Crippen LogP contribution in [0.1, 0.15) is 25.3 Å². The molecule has 5 nitrogen and oxygen atoms in total. The van der Waals surface area contributed by atoms with Gasteiger partial charge in [0.15, 0.2) is 0 Å². The number of amides is 2. The zero-order chi connectivity index (χ0) is 17.0. The van der Waals surface area contributed by atoms with Crippen LogP contribution in [0.4, 0.5) is 23.7 Å². The summed E-state index contributed by atoms with van der Waals surface area (Å²) in [4.78, 5) is 13.7. The van der Waals surface area contributed by atoms with E-state index in [1.807, 2.05) is 0 Å². The van der Waals surface area contributed by atoms with E-state index in [1.165, 1.54) is 11.0 Å². The number of halogens is 3. The Morgan fingerprint density at radius 1 is 1.43 bits per heavy atom. The molecule has 0 saturated heterocycles. The predicted molar refractivity (Wildman–Crippen MR) is 78.4 cm³/mol. The number of nitrogens with one attached hydrogen (secondary N) is 1. The van der Waals surface area contributed by atoms with E-state index >= 15 is 0 Å². The second-order valence-electron chi connectivity index (χ2n) is 5.22. The van der Waals surface area contributed by atoms with Crippen LogP contribution in [0.25, 0.3) is 0 Å². The third kappa shape index (κ3) is 4.51. The van der Waals surface area contributed by atoms with Crippen molar-refractivity contribution in [2.24, 2.45) is 0 Å². The molecule has 0 heterocycles. The van der Waals surface area contributed by atoms with Crippen LogP contribution < -0.4 is 10.1 Å². The smallest absolute Gasteiger partial charge is 0.416 e. The van der Waals surface area contributed by atoms with E-state index in [0.717, 1.165) is 25.0 Å². The molecule has 0 radical (unpaired) electrons. The lowest BCUT2D eigenvalue weighted by Crippen LogP contribution is -2.38. The maximum atomic E-state index is 12.8. The number of nitrogens with zero attached hydrogens (tertiary/aromatic N) is 1. The molecule has 1 saturated carbocycles. The number of anilines is 1. The fourth-order valence-corrected chi connectivity index (χ4v) is 2.22. The van der Waals surface area contributed by atoms with Gasteiger partial charge < -0.3 is 20.1 Å². The minimum Gasteiger partial charge on any atom is -0.492 e. The van der Waals surface area contributed by atoms with Gasteiger partial charge in [-0.2, -0.15) is 13.2 Å². The van der Waals surface area contributed by atoms with E-state index in [0.29, 0.717) is 0 Å². The molecule has 2 amide bonds. The van der Waals surface area contributed by atoms with Crippen LogP contribution >= 0.6 is 0 Å². The monoisotopic (exact) mass is 332 g/mol. The van der Waals surface area contributed by atoms with Crippen LogP contribution in [0.15, 0.2) is 18.2 Å². The highest BCUT2D eigenvalue weighted by Gasteiger charge is 2.34. The molecule has 0 atom stereocenters. The first-order valence-electron chi connectivity index (χ1n) is 7.39. The first kappa shape index (κ1) is 17.4. The lowest BCUT2D eigenvalue weighted by molar-refractivity contribution is -0.137. The average Bonchev–Trinajstić information content (AvgIpc) is 3.30. The van der Waals surface area contributed by atoms with Crippen LogP contribution in [-0.4, -0.2) is 41.8 Å². The van der Waals surface area contributed by atoms with Crippen molar-refractivity contribution in [2.75, 3.05) is 25.1 Å². The van der Waals surface area contributed by atoms with Crippen molar-refractivity contribution in [1.82, 2.24) is 4.90 Å². The summed E-state index contributed by atoms with van der Waals surface area (Å²) < 4.78 is 43.8. The summed E-state index contributed by atoms with van der Waals surface area (Å²) in [6.07, 6.45) is -2.85. The van der Waals surface area contributed by atoms with Gasteiger partial charge in [-0.3, -0.25) is 0 Å². The van der Waals surface area contributed by atoms with Crippen molar-refractivity contribution in [3.63, 3.8) is 0 Å². The van der Waals surface area contributed by atoms with Crippen LogP contribution in [0, 0.1) is 0 Å². The Bertz CT molecular complexity index is 559. The highest BCUT2D eigenvalue weighted by molar-refractivity contribution is 5.91. The van der Waals surface area contributed by atoms with Gasteiger partial charge in [-0.25, -0.2) is 4.79 Å². The zero-order valence-corrected chi connectivity index (χ0v) is 12.7. The van der Waals surface area contributed by atoms with Crippen molar-refractivity contribution in [3.8, 4) is 5.75 Å². The Labute approximate surface area is 132 Å². The molecule has 0 aromatic heterocycles. The SMILES string of the molecule is CCOc1ccc(C(F)(F)F)cc1NC(=O)N(CCO)C1CC1. The Balaban J connectivity index is 2.22. The fraction of sp³-hybridized carbons (Fsp3) is 0.533. The molecule has 2 rings (SSSR count). The van der Waals surface area contributed by atoms with Crippen molar-refractivity contribution in [1.29, 1.82) is 0 Å². The van der Waals surface area contributed by atoms with Crippen LogP contribution in [0.3, 0.4) is 0 Å². The molecule has 128 valence electrons. The third-order valence-corrected chi connectivity index (χ3v) is 3.44. The van der Waals surface area contributed by atoms with Crippen LogP contribution in [0.2, 0.25) is 0 Å². The minimum atomic E-state index is -4.51. The number of hydrogen-bond donors (Lipinski definition) is 2. The second-order valence-corrected chi connectivity index (χ2v) is 5.22. The van der Waals surface area contributed by atoms with Crippen molar-refractivity contribution < 1.29 is 27.8 Å². The summed E-state index contributed by atoms with van der Waals surface area (Å²) in [7, 11) is 0. The molecular weight excluding hydrogens is 313 g/mol. The van der Waals surface area contributed by atoms with E-state index in [4.69, 9.17) is 9.84 Å². The second kappa shape index (κ2) is 7.08. The molecule has 23 heavy (non-hydrogen) atoms. The van der Waals surface area contributed by atoms with Gasteiger partial charge in [0.1, 0.15) is 5.75 Å². The highest BCUT2D eigenvalue weighted by Crippen LogP contribution is 2.35. The molecule has 0 unspecified atom stereocenters. The zero-order valence-electron chi connectivity index (χ0n) is 12.7. The summed E-state index contributed by atoms with van der Waals surface area (Å²) in [5.74, 6) is 0.175. The lowest BCUT2D eigenvalue weighted by atomic mass is 10.2. The van der Waals surface area contributed by atoms with Gasteiger partial charge in [0.2, 0.25) is 0 Å². The van der Waals surface area contributed by atoms with Crippen molar-refractivity contribution >= 4 is 11.7 Å². The fourth-order valence-electron chi connectivity index (χ4n) is 2.22. The van der Waals surface area contributed by atoms with Gasteiger partial charge in [-0.05, 0) is 38.0 Å². The molecule has 1 aromatic carbocycles. The summed E-state index contributed by atoms with van der Waals surface area (Å²) in [6.45, 7) is 1.90. The number of benzene rings is 1. The molecular formula is C15H19F3N2O3. The number of rotatable bonds is 6. The molecule has 1 aliphatic rings. The Hall–Kier alpha value is -1.96.